The van der Waals surface area contributed by atoms with Crippen LogP contribution in [0, 0.1) is 0 Å². The number of nitrogens with zero attached hydrogens (tertiary/aromatic N) is 4. The Morgan fingerprint density at radius 2 is 2.20 bits per heavy atom. The molecule has 0 saturated carbocycles. The van der Waals surface area contributed by atoms with Crippen molar-refractivity contribution in [2.75, 3.05) is 24.7 Å². The number of aromatic amines is 2. The predicted octanol–water partition coefficient (Wildman–Crippen LogP) is 2.73. The average Bonchev–Trinajstić information content (AvgIpc) is 3.30. The smallest absolute Gasteiger partial charge is 0.157 e. The molecular weight excluding hydrogens is 316 g/mol. The van der Waals surface area contributed by atoms with Crippen molar-refractivity contribution in [1.29, 1.82) is 0 Å². The zero-order valence-corrected chi connectivity index (χ0v) is 13.9. The highest BCUT2D eigenvalue weighted by Gasteiger charge is 2.23. The van der Waals surface area contributed by atoms with Gasteiger partial charge in [0.05, 0.1) is 36.2 Å². The number of nitrogens with one attached hydrogen (secondary N) is 2. The van der Waals surface area contributed by atoms with Gasteiger partial charge in [-0.15, -0.1) is 0 Å². The van der Waals surface area contributed by atoms with E-state index in [0.717, 1.165) is 58.8 Å². The first-order valence-electron chi connectivity index (χ1n) is 8.42. The number of rotatable bonds is 2. The highest BCUT2D eigenvalue weighted by atomic mass is 16.5. The fourth-order valence-corrected chi connectivity index (χ4v) is 3.56. The topological polar surface area (TPSA) is 82.7 Å². The average molecular weight is 334 g/mol. The molecule has 5 rings (SSSR count). The molecule has 0 aromatic carbocycles. The molecule has 0 spiro atoms. The second kappa shape index (κ2) is 5.56. The lowest BCUT2D eigenvalue weighted by Gasteiger charge is -2.35. The number of fused-ring (bicyclic) bond motifs is 2. The summed E-state index contributed by atoms with van der Waals surface area (Å²) in [4.78, 5) is 14.7. The number of morpholine rings is 1. The highest BCUT2D eigenvalue weighted by Crippen LogP contribution is 2.34. The van der Waals surface area contributed by atoms with E-state index in [2.05, 4.69) is 38.1 Å². The summed E-state index contributed by atoms with van der Waals surface area (Å²) in [6.45, 7) is 4.51. The fraction of sp³-hybridized carbons (Fsp3) is 0.278. The number of pyridine rings is 2. The van der Waals surface area contributed by atoms with E-state index >= 15 is 0 Å². The third-order valence-electron chi connectivity index (χ3n) is 4.81. The molecule has 0 amide bonds. The molecule has 4 aromatic heterocycles. The number of H-pyrrole nitrogens is 2. The molecule has 0 unspecified atom stereocenters. The van der Waals surface area contributed by atoms with Crippen molar-refractivity contribution >= 4 is 27.8 Å². The molecule has 25 heavy (non-hydrogen) atoms. The molecule has 4 aromatic rings. The van der Waals surface area contributed by atoms with Gasteiger partial charge in [-0.05, 0) is 25.1 Å². The molecule has 0 aliphatic carbocycles. The van der Waals surface area contributed by atoms with Gasteiger partial charge in [0, 0.05) is 35.9 Å². The van der Waals surface area contributed by atoms with Gasteiger partial charge < -0.3 is 14.6 Å². The van der Waals surface area contributed by atoms with Crippen LogP contribution in [0.1, 0.15) is 6.92 Å². The first-order valence-corrected chi connectivity index (χ1v) is 8.42. The van der Waals surface area contributed by atoms with Crippen LogP contribution in [-0.2, 0) is 4.74 Å². The van der Waals surface area contributed by atoms with Crippen LogP contribution in [0.2, 0.25) is 0 Å². The summed E-state index contributed by atoms with van der Waals surface area (Å²) in [5.41, 5.74) is 4.78. The second-order valence-corrected chi connectivity index (χ2v) is 6.37. The minimum absolute atomic E-state index is 0.312. The van der Waals surface area contributed by atoms with Gasteiger partial charge in [0.1, 0.15) is 5.65 Å². The number of hydrogen-bond acceptors (Lipinski definition) is 5. The number of ether oxygens (including phenoxy) is 1. The van der Waals surface area contributed by atoms with Gasteiger partial charge >= 0.3 is 0 Å². The summed E-state index contributed by atoms with van der Waals surface area (Å²) in [6, 6.07) is 6.51. The van der Waals surface area contributed by atoms with E-state index in [0.29, 0.717) is 6.04 Å². The fourth-order valence-electron chi connectivity index (χ4n) is 3.56. The Morgan fingerprint density at radius 1 is 1.24 bits per heavy atom. The molecule has 0 radical (unpaired) electrons. The normalized spacial score (nSPS) is 18.3. The first-order chi connectivity index (χ1) is 12.3. The molecule has 126 valence electrons. The van der Waals surface area contributed by atoms with Crippen molar-refractivity contribution in [1.82, 2.24) is 25.1 Å². The van der Waals surface area contributed by atoms with Crippen molar-refractivity contribution in [2.24, 2.45) is 0 Å². The zero-order chi connectivity index (χ0) is 16.8. The van der Waals surface area contributed by atoms with Gasteiger partial charge in [0.15, 0.2) is 5.65 Å². The Hall–Kier alpha value is -2.93. The third-order valence-corrected chi connectivity index (χ3v) is 4.81. The van der Waals surface area contributed by atoms with Crippen LogP contribution in [-0.4, -0.2) is 50.9 Å². The van der Waals surface area contributed by atoms with E-state index in [9.17, 15) is 0 Å². The van der Waals surface area contributed by atoms with Gasteiger partial charge in [-0.25, -0.2) is 9.97 Å². The van der Waals surface area contributed by atoms with Gasteiger partial charge in [0.2, 0.25) is 0 Å². The SMILES string of the molecule is C[C@@H]1COCCN1c1cc(-c2ccnc3[nH]ccc23)nc2[nH]ncc12. The molecule has 7 heteroatoms. The Kier molecular flexibility index (Phi) is 3.21. The molecule has 1 atom stereocenters. The maximum Gasteiger partial charge on any atom is 0.157 e. The maximum absolute atomic E-state index is 5.60. The summed E-state index contributed by atoms with van der Waals surface area (Å²) in [5.74, 6) is 0. The van der Waals surface area contributed by atoms with Gasteiger partial charge in [-0.2, -0.15) is 5.10 Å². The van der Waals surface area contributed by atoms with Crippen molar-refractivity contribution in [3.05, 3.63) is 36.8 Å². The largest absolute Gasteiger partial charge is 0.377 e. The molecule has 0 bridgehead atoms. The molecule has 2 N–H and O–H groups in total. The summed E-state index contributed by atoms with van der Waals surface area (Å²) in [5, 5.41) is 9.33. The molecule has 1 aliphatic rings. The van der Waals surface area contributed by atoms with Crippen LogP contribution >= 0.6 is 0 Å². The lowest BCUT2D eigenvalue weighted by atomic mass is 10.1. The van der Waals surface area contributed by atoms with Gasteiger partial charge in [-0.1, -0.05) is 0 Å². The van der Waals surface area contributed by atoms with Crippen LogP contribution in [0.25, 0.3) is 33.3 Å². The lowest BCUT2D eigenvalue weighted by Crippen LogP contribution is -2.43. The molecule has 5 heterocycles. The Labute approximate surface area is 144 Å². The van der Waals surface area contributed by atoms with Crippen molar-refractivity contribution in [3.63, 3.8) is 0 Å². The number of aromatic nitrogens is 5. The summed E-state index contributed by atoms with van der Waals surface area (Å²) >= 11 is 0. The van der Waals surface area contributed by atoms with E-state index in [1.54, 1.807) is 0 Å². The monoisotopic (exact) mass is 334 g/mol. The van der Waals surface area contributed by atoms with Crippen LogP contribution < -0.4 is 4.90 Å². The summed E-state index contributed by atoms with van der Waals surface area (Å²) < 4.78 is 5.60. The van der Waals surface area contributed by atoms with E-state index in [1.165, 1.54) is 0 Å². The summed E-state index contributed by atoms with van der Waals surface area (Å²) in [6.07, 6.45) is 5.56. The van der Waals surface area contributed by atoms with E-state index in [-0.39, 0.29) is 0 Å². The minimum atomic E-state index is 0.312. The zero-order valence-electron chi connectivity index (χ0n) is 13.9. The van der Waals surface area contributed by atoms with Crippen molar-refractivity contribution in [2.45, 2.75) is 13.0 Å². The van der Waals surface area contributed by atoms with E-state index in [4.69, 9.17) is 9.72 Å². The van der Waals surface area contributed by atoms with Crippen molar-refractivity contribution < 1.29 is 4.74 Å². The Morgan fingerprint density at radius 3 is 3.12 bits per heavy atom. The number of hydrogen-bond donors (Lipinski definition) is 2. The first kappa shape index (κ1) is 14.4. The quantitative estimate of drug-likeness (QED) is 0.589. The lowest BCUT2D eigenvalue weighted by molar-refractivity contribution is 0.0991. The maximum atomic E-state index is 5.60. The Bertz CT molecular complexity index is 1050. The highest BCUT2D eigenvalue weighted by molar-refractivity contribution is 5.97. The predicted molar refractivity (Wildman–Crippen MR) is 96.6 cm³/mol. The van der Waals surface area contributed by atoms with Gasteiger partial charge in [-0.3, -0.25) is 5.10 Å². The van der Waals surface area contributed by atoms with E-state index < -0.39 is 0 Å². The van der Waals surface area contributed by atoms with Crippen LogP contribution in [0.3, 0.4) is 0 Å². The molecule has 1 fully saturated rings. The summed E-state index contributed by atoms with van der Waals surface area (Å²) in [7, 11) is 0. The Balaban J connectivity index is 1.73. The molecule has 1 aliphatic heterocycles. The van der Waals surface area contributed by atoms with Crippen LogP contribution in [0.15, 0.2) is 36.8 Å². The third kappa shape index (κ3) is 2.27. The van der Waals surface area contributed by atoms with Crippen molar-refractivity contribution in [3.8, 4) is 11.3 Å². The van der Waals surface area contributed by atoms with Gasteiger partial charge in [0.25, 0.3) is 0 Å². The second-order valence-electron chi connectivity index (χ2n) is 6.37. The van der Waals surface area contributed by atoms with Crippen LogP contribution in [0.5, 0.6) is 0 Å². The van der Waals surface area contributed by atoms with E-state index in [1.807, 2.05) is 30.7 Å². The molecule has 7 nitrogen and oxygen atoms in total. The molecule has 1 saturated heterocycles. The minimum Gasteiger partial charge on any atom is -0.377 e. The molecular formula is C18H18N6O. The van der Waals surface area contributed by atoms with Crippen LogP contribution in [0.4, 0.5) is 5.69 Å². The number of anilines is 1. The standard InChI is InChI=1S/C18H18N6O/c1-11-10-25-7-6-24(11)16-8-15(22-18-14(16)9-21-23-18)12-2-4-19-17-13(12)3-5-20-17/h2-5,8-9,11H,6-7,10H2,1H3,(H,19,20)(H,21,22,23)/t11-/m1/s1.